The number of anilines is 1. The van der Waals surface area contributed by atoms with Crippen LogP contribution in [0.2, 0.25) is 15.1 Å². The van der Waals surface area contributed by atoms with E-state index in [0.29, 0.717) is 26.5 Å². The fourth-order valence-electron chi connectivity index (χ4n) is 1.61. The third-order valence-corrected chi connectivity index (χ3v) is 3.56. The number of ether oxygens (including phenoxy) is 1. The molecule has 110 valence electrons. The van der Waals surface area contributed by atoms with Crippen molar-refractivity contribution < 1.29 is 9.53 Å². The van der Waals surface area contributed by atoms with Crippen LogP contribution in [0.25, 0.3) is 0 Å². The van der Waals surface area contributed by atoms with Crippen LogP contribution in [0.4, 0.5) is 5.69 Å². The first-order valence-corrected chi connectivity index (χ1v) is 7.28. The van der Waals surface area contributed by atoms with Gasteiger partial charge in [-0.2, -0.15) is 0 Å². The standard InChI is InChI=1S/C15H12Cl3NO2/c1-9(21-14-7-6-10(16)8-12(14)18)15(20)19-13-5-3-2-4-11(13)17/h2-9H,1H3,(H,19,20)/t9-/m0/s1. The number of benzene rings is 2. The monoisotopic (exact) mass is 343 g/mol. The van der Waals surface area contributed by atoms with Crippen molar-refractivity contribution in [3.8, 4) is 5.75 Å². The number of amides is 1. The van der Waals surface area contributed by atoms with Gasteiger partial charge in [0, 0.05) is 5.02 Å². The summed E-state index contributed by atoms with van der Waals surface area (Å²) >= 11 is 17.8. The largest absolute Gasteiger partial charge is 0.479 e. The second kappa shape index (κ2) is 7.03. The Bertz CT molecular complexity index is 661. The summed E-state index contributed by atoms with van der Waals surface area (Å²) in [5.41, 5.74) is 0.529. The summed E-state index contributed by atoms with van der Waals surface area (Å²) in [4.78, 5) is 12.1. The fourth-order valence-corrected chi connectivity index (χ4v) is 2.25. The summed E-state index contributed by atoms with van der Waals surface area (Å²) in [6.07, 6.45) is -0.736. The van der Waals surface area contributed by atoms with E-state index < -0.39 is 6.10 Å². The maximum Gasteiger partial charge on any atom is 0.265 e. The Hall–Kier alpha value is -1.42. The Kier molecular flexibility index (Phi) is 5.34. The van der Waals surface area contributed by atoms with Crippen molar-refractivity contribution in [2.45, 2.75) is 13.0 Å². The van der Waals surface area contributed by atoms with E-state index in [1.807, 2.05) is 0 Å². The Labute approximate surface area is 137 Å². The molecule has 0 radical (unpaired) electrons. The number of halogens is 3. The van der Waals surface area contributed by atoms with Gasteiger partial charge in [0.15, 0.2) is 6.10 Å². The highest BCUT2D eigenvalue weighted by molar-refractivity contribution is 6.35. The van der Waals surface area contributed by atoms with Crippen LogP contribution in [0.5, 0.6) is 5.75 Å². The lowest BCUT2D eigenvalue weighted by Crippen LogP contribution is -2.30. The van der Waals surface area contributed by atoms with Crippen LogP contribution in [0.3, 0.4) is 0 Å². The molecule has 0 bridgehead atoms. The molecule has 6 heteroatoms. The van der Waals surface area contributed by atoms with Crippen LogP contribution < -0.4 is 10.1 Å². The summed E-state index contributed by atoms with van der Waals surface area (Å²) < 4.78 is 5.53. The lowest BCUT2D eigenvalue weighted by atomic mass is 10.3. The normalized spacial score (nSPS) is 11.8. The maximum atomic E-state index is 12.1. The Morgan fingerprint density at radius 1 is 1.10 bits per heavy atom. The van der Waals surface area contributed by atoms with Gasteiger partial charge in [0.25, 0.3) is 5.91 Å². The summed E-state index contributed by atoms with van der Waals surface area (Å²) in [5.74, 6) is 0.0667. The van der Waals surface area contributed by atoms with Gasteiger partial charge in [-0.15, -0.1) is 0 Å². The molecule has 0 saturated carbocycles. The first kappa shape index (κ1) is 16.0. The van der Waals surface area contributed by atoms with Crippen molar-refractivity contribution in [3.63, 3.8) is 0 Å². The molecular weight excluding hydrogens is 333 g/mol. The number of nitrogens with one attached hydrogen (secondary N) is 1. The van der Waals surface area contributed by atoms with E-state index in [-0.39, 0.29) is 5.91 Å². The second-order valence-electron chi connectivity index (χ2n) is 4.30. The number of para-hydroxylation sites is 1. The Morgan fingerprint density at radius 3 is 2.48 bits per heavy atom. The Morgan fingerprint density at radius 2 is 1.81 bits per heavy atom. The number of carbonyl (C=O) groups is 1. The zero-order valence-electron chi connectivity index (χ0n) is 11.1. The van der Waals surface area contributed by atoms with Crippen molar-refractivity contribution in [1.82, 2.24) is 0 Å². The van der Waals surface area contributed by atoms with Gasteiger partial charge < -0.3 is 10.1 Å². The predicted molar refractivity (Wildman–Crippen MR) is 86.6 cm³/mol. The van der Waals surface area contributed by atoms with E-state index >= 15 is 0 Å². The molecule has 1 N–H and O–H groups in total. The highest BCUT2D eigenvalue weighted by Crippen LogP contribution is 2.28. The number of hydrogen-bond donors (Lipinski definition) is 1. The highest BCUT2D eigenvalue weighted by Gasteiger charge is 2.17. The van der Waals surface area contributed by atoms with E-state index in [1.54, 1.807) is 49.4 Å². The molecule has 1 amide bonds. The van der Waals surface area contributed by atoms with Crippen molar-refractivity contribution >= 4 is 46.4 Å². The summed E-state index contributed by atoms with van der Waals surface area (Å²) in [6, 6.07) is 11.8. The van der Waals surface area contributed by atoms with Gasteiger partial charge in [-0.1, -0.05) is 46.9 Å². The van der Waals surface area contributed by atoms with Gasteiger partial charge in [0.2, 0.25) is 0 Å². The van der Waals surface area contributed by atoms with Crippen LogP contribution in [0.15, 0.2) is 42.5 Å². The lowest BCUT2D eigenvalue weighted by Gasteiger charge is -2.16. The zero-order valence-corrected chi connectivity index (χ0v) is 13.3. The molecule has 0 unspecified atom stereocenters. The quantitative estimate of drug-likeness (QED) is 0.842. The van der Waals surface area contributed by atoms with Gasteiger partial charge in [0.1, 0.15) is 5.75 Å². The molecule has 0 aliphatic heterocycles. The van der Waals surface area contributed by atoms with Crippen LogP contribution in [0.1, 0.15) is 6.92 Å². The summed E-state index contributed by atoms with van der Waals surface area (Å²) in [6.45, 7) is 1.62. The first-order valence-electron chi connectivity index (χ1n) is 6.14. The number of carbonyl (C=O) groups excluding carboxylic acids is 1. The van der Waals surface area contributed by atoms with Crippen LogP contribution in [-0.4, -0.2) is 12.0 Å². The zero-order chi connectivity index (χ0) is 15.4. The van der Waals surface area contributed by atoms with Gasteiger partial charge in [-0.3, -0.25) is 4.79 Å². The molecule has 21 heavy (non-hydrogen) atoms. The number of hydrogen-bond acceptors (Lipinski definition) is 2. The molecule has 3 nitrogen and oxygen atoms in total. The average Bonchev–Trinajstić information content (AvgIpc) is 2.44. The summed E-state index contributed by atoms with van der Waals surface area (Å²) in [7, 11) is 0. The third-order valence-electron chi connectivity index (χ3n) is 2.70. The molecule has 0 saturated heterocycles. The molecule has 0 aliphatic carbocycles. The average molecular weight is 345 g/mol. The van der Waals surface area contributed by atoms with E-state index in [0.717, 1.165) is 0 Å². The maximum absolute atomic E-state index is 12.1. The van der Waals surface area contributed by atoms with Crippen molar-refractivity contribution in [2.75, 3.05) is 5.32 Å². The van der Waals surface area contributed by atoms with Gasteiger partial charge in [0.05, 0.1) is 15.7 Å². The van der Waals surface area contributed by atoms with E-state index in [1.165, 1.54) is 0 Å². The van der Waals surface area contributed by atoms with Crippen LogP contribution in [-0.2, 0) is 4.79 Å². The molecule has 0 heterocycles. The van der Waals surface area contributed by atoms with E-state index in [9.17, 15) is 4.79 Å². The minimum Gasteiger partial charge on any atom is -0.479 e. The third kappa shape index (κ3) is 4.27. The van der Waals surface area contributed by atoms with E-state index in [4.69, 9.17) is 39.5 Å². The molecule has 2 aromatic rings. The first-order chi connectivity index (χ1) is 9.97. The Balaban J connectivity index is 2.04. The summed E-state index contributed by atoms with van der Waals surface area (Å²) in [5, 5.41) is 4.00. The van der Waals surface area contributed by atoms with Crippen LogP contribution >= 0.6 is 34.8 Å². The van der Waals surface area contributed by atoms with Gasteiger partial charge in [-0.05, 0) is 37.3 Å². The molecule has 1 atom stereocenters. The minimum absolute atomic E-state index is 0.325. The molecule has 0 aromatic heterocycles. The second-order valence-corrected chi connectivity index (χ2v) is 5.55. The molecule has 0 fully saturated rings. The SMILES string of the molecule is C[C@H](Oc1ccc(Cl)cc1Cl)C(=O)Nc1ccccc1Cl. The van der Waals surface area contributed by atoms with Gasteiger partial charge >= 0.3 is 0 Å². The van der Waals surface area contributed by atoms with Crippen LogP contribution in [0, 0.1) is 0 Å². The molecule has 0 spiro atoms. The lowest BCUT2D eigenvalue weighted by molar-refractivity contribution is -0.122. The topological polar surface area (TPSA) is 38.3 Å². The predicted octanol–water partition coefficient (Wildman–Crippen LogP) is 5.05. The minimum atomic E-state index is -0.736. The van der Waals surface area contributed by atoms with Crippen molar-refractivity contribution in [1.29, 1.82) is 0 Å². The molecule has 2 aromatic carbocycles. The molecule has 2 rings (SSSR count). The number of rotatable bonds is 4. The smallest absolute Gasteiger partial charge is 0.265 e. The van der Waals surface area contributed by atoms with Crippen molar-refractivity contribution in [2.24, 2.45) is 0 Å². The highest BCUT2D eigenvalue weighted by atomic mass is 35.5. The van der Waals surface area contributed by atoms with Crippen molar-refractivity contribution in [3.05, 3.63) is 57.5 Å². The molecular formula is C15H12Cl3NO2. The van der Waals surface area contributed by atoms with E-state index in [2.05, 4.69) is 5.32 Å². The fraction of sp³-hybridized carbons (Fsp3) is 0.133. The molecule has 0 aliphatic rings. The van der Waals surface area contributed by atoms with Gasteiger partial charge in [-0.25, -0.2) is 0 Å².